The molecule has 0 atom stereocenters. The molecule has 2 aromatic rings. The van der Waals surface area contributed by atoms with E-state index in [9.17, 15) is 18.0 Å². The van der Waals surface area contributed by atoms with Gasteiger partial charge in [0.2, 0.25) is 5.88 Å². The average Bonchev–Trinajstić information content (AvgIpc) is 2.47. The highest BCUT2D eigenvalue weighted by atomic mass is 19.4. The molecule has 0 aliphatic heterocycles. The van der Waals surface area contributed by atoms with Gasteiger partial charge in [-0.1, -0.05) is 6.07 Å². The Kier molecular flexibility index (Phi) is 4.21. The predicted molar refractivity (Wildman–Crippen MR) is 68.1 cm³/mol. The molecule has 0 fully saturated rings. The van der Waals surface area contributed by atoms with Crippen LogP contribution in [0.3, 0.4) is 0 Å². The number of hydrogen-bond acceptors (Lipinski definition) is 4. The molecule has 110 valence electrons. The number of methoxy groups -OCH3 is 1. The molecule has 0 bridgehead atoms. The minimum atomic E-state index is -4.59. The fourth-order valence-corrected chi connectivity index (χ4v) is 1.78. The van der Waals surface area contributed by atoms with Crippen LogP contribution in [0.2, 0.25) is 0 Å². The molecule has 21 heavy (non-hydrogen) atoms. The fourth-order valence-electron chi connectivity index (χ4n) is 1.78. The molecule has 4 nitrogen and oxygen atoms in total. The minimum Gasteiger partial charge on any atom is -0.481 e. The van der Waals surface area contributed by atoms with E-state index < -0.39 is 23.1 Å². The molecule has 0 saturated carbocycles. The number of carbonyl (C=O) groups excluding carboxylic acids is 1. The molecular weight excluding hydrogens is 285 g/mol. The summed E-state index contributed by atoms with van der Waals surface area (Å²) in [5.74, 6) is -0.300. The molecular formula is C14H11F3N2O2. The van der Waals surface area contributed by atoms with Crippen molar-refractivity contribution in [3.8, 4) is 5.88 Å². The zero-order chi connectivity index (χ0) is 15.5. The van der Waals surface area contributed by atoms with Crippen molar-refractivity contribution in [3.05, 3.63) is 53.5 Å². The monoisotopic (exact) mass is 296 g/mol. The summed E-state index contributed by atoms with van der Waals surface area (Å²) < 4.78 is 43.4. The van der Waals surface area contributed by atoms with E-state index in [-0.39, 0.29) is 6.42 Å². The first kappa shape index (κ1) is 15.0. The van der Waals surface area contributed by atoms with Crippen LogP contribution in [0.4, 0.5) is 13.2 Å². The van der Waals surface area contributed by atoms with E-state index in [4.69, 9.17) is 4.74 Å². The summed E-state index contributed by atoms with van der Waals surface area (Å²) in [6, 6.07) is 3.91. The zero-order valence-electron chi connectivity index (χ0n) is 11.0. The molecule has 0 radical (unpaired) electrons. The summed E-state index contributed by atoms with van der Waals surface area (Å²) in [6.45, 7) is 0. The molecule has 0 N–H and O–H groups in total. The van der Waals surface area contributed by atoms with Crippen LogP contribution in [-0.2, 0) is 12.6 Å². The van der Waals surface area contributed by atoms with Gasteiger partial charge in [-0.25, -0.2) is 4.98 Å². The van der Waals surface area contributed by atoms with Gasteiger partial charge < -0.3 is 4.74 Å². The molecule has 2 aromatic heterocycles. The van der Waals surface area contributed by atoms with Crippen molar-refractivity contribution in [3.63, 3.8) is 0 Å². The summed E-state index contributed by atoms with van der Waals surface area (Å²) >= 11 is 0. The third kappa shape index (κ3) is 3.56. The largest absolute Gasteiger partial charge is 0.481 e. The van der Waals surface area contributed by atoms with Gasteiger partial charge in [0.1, 0.15) is 0 Å². The van der Waals surface area contributed by atoms with Gasteiger partial charge in [-0.3, -0.25) is 9.78 Å². The molecule has 7 heteroatoms. The normalized spacial score (nSPS) is 11.2. The molecule has 2 rings (SSSR count). The highest BCUT2D eigenvalue weighted by Crippen LogP contribution is 2.31. The lowest BCUT2D eigenvalue weighted by Crippen LogP contribution is -2.15. The Morgan fingerprint density at radius 3 is 2.57 bits per heavy atom. The van der Waals surface area contributed by atoms with Gasteiger partial charge >= 0.3 is 6.18 Å². The van der Waals surface area contributed by atoms with Gasteiger partial charge in [-0.2, -0.15) is 13.2 Å². The molecule has 0 saturated heterocycles. The number of Topliss-reactive ketones (excluding diaryl/α,β-unsaturated/α-hetero) is 1. The van der Waals surface area contributed by atoms with Crippen LogP contribution in [0.1, 0.15) is 21.5 Å². The number of alkyl halides is 3. The average molecular weight is 296 g/mol. The van der Waals surface area contributed by atoms with Gasteiger partial charge in [-0.05, 0) is 11.6 Å². The van der Waals surface area contributed by atoms with Crippen LogP contribution < -0.4 is 4.74 Å². The van der Waals surface area contributed by atoms with Gasteiger partial charge in [0, 0.05) is 36.6 Å². The van der Waals surface area contributed by atoms with Crippen LogP contribution in [0.15, 0.2) is 36.8 Å². The maximum absolute atomic E-state index is 12.8. The Balaban J connectivity index is 2.24. The van der Waals surface area contributed by atoms with Crippen molar-refractivity contribution in [2.75, 3.05) is 7.11 Å². The molecule has 2 heterocycles. The van der Waals surface area contributed by atoms with Gasteiger partial charge in [0.05, 0.1) is 12.7 Å². The third-order valence-electron chi connectivity index (χ3n) is 2.80. The van der Waals surface area contributed by atoms with Crippen LogP contribution >= 0.6 is 0 Å². The molecule has 0 aromatic carbocycles. The zero-order valence-corrected chi connectivity index (χ0v) is 11.0. The van der Waals surface area contributed by atoms with Gasteiger partial charge in [0.15, 0.2) is 5.78 Å². The van der Waals surface area contributed by atoms with E-state index in [0.717, 1.165) is 18.5 Å². The van der Waals surface area contributed by atoms with E-state index in [0.29, 0.717) is 11.4 Å². The molecule has 0 amide bonds. The quantitative estimate of drug-likeness (QED) is 0.814. The lowest BCUT2D eigenvalue weighted by Gasteiger charge is -2.11. The standard InChI is InChI=1S/C14H11F3N2O2/c1-21-13-3-2-9(7-19-13)6-12(20)10-8-18-5-4-11(10)14(15,16)17/h2-5,7-8H,6H2,1H3. The number of ether oxygens (including phenoxy) is 1. The van der Waals surface area contributed by atoms with Gasteiger partial charge in [0.25, 0.3) is 0 Å². The lowest BCUT2D eigenvalue weighted by atomic mass is 10.0. The Hall–Kier alpha value is -2.44. The molecule has 0 aliphatic rings. The second-order valence-corrected chi connectivity index (χ2v) is 4.23. The number of aromatic nitrogens is 2. The first-order valence-electron chi connectivity index (χ1n) is 5.95. The number of carbonyl (C=O) groups is 1. The number of nitrogens with zero attached hydrogens (tertiary/aromatic N) is 2. The third-order valence-corrected chi connectivity index (χ3v) is 2.80. The van der Waals surface area contributed by atoms with E-state index in [1.54, 1.807) is 6.07 Å². The Morgan fingerprint density at radius 2 is 2.00 bits per heavy atom. The van der Waals surface area contributed by atoms with Crippen molar-refractivity contribution in [2.45, 2.75) is 12.6 Å². The topological polar surface area (TPSA) is 52.1 Å². The lowest BCUT2D eigenvalue weighted by molar-refractivity contribution is -0.138. The van der Waals surface area contributed by atoms with Gasteiger partial charge in [-0.15, -0.1) is 0 Å². The van der Waals surface area contributed by atoms with E-state index in [1.807, 2.05) is 0 Å². The Labute approximate surface area is 118 Å². The number of hydrogen-bond donors (Lipinski definition) is 0. The molecule has 0 spiro atoms. The summed E-state index contributed by atoms with van der Waals surface area (Å²) in [4.78, 5) is 19.5. The SMILES string of the molecule is COc1ccc(CC(=O)c2cnccc2C(F)(F)F)cn1. The van der Waals surface area contributed by atoms with Crippen LogP contribution in [0, 0.1) is 0 Å². The molecule has 0 aliphatic carbocycles. The number of halogens is 3. The van der Waals surface area contributed by atoms with E-state index >= 15 is 0 Å². The predicted octanol–water partition coefficient (Wildman–Crippen LogP) is 2.93. The van der Waals surface area contributed by atoms with Crippen LogP contribution in [-0.4, -0.2) is 22.9 Å². The van der Waals surface area contributed by atoms with Crippen molar-refractivity contribution in [1.29, 1.82) is 0 Å². The number of rotatable bonds is 4. The van der Waals surface area contributed by atoms with Crippen LogP contribution in [0.5, 0.6) is 5.88 Å². The first-order valence-corrected chi connectivity index (χ1v) is 5.95. The highest BCUT2D eigenvalue weighted by molar-refractivity contribution is 5.98. The first-order chi connectivity index (χ1) is 9.91. The summed E-state index contributed by atoms with van der Waals surface area (Å²) in [6.07, 6.45) is -1.45. The van der Waals surface area contributed by atoms with Crippen molar-refractivity contribution in [2.24, 2.45) is 0 Å². The van der Waals surface area contributed by atoms with E-state index in [1.165, 1.54) is 19.4 Å². The van der Waals surface area contributed by atoms with E-state index in [2.05, 4.69) is 9.97 Å². The second-order valence-electron chi connectivity index (χ2n) is 4.23. The van der Waals surface area contributed by atoms with Crippen LogP contribution in [0.25, 0.3) is 0 Å². The maximum atomic E-state index is 12.8. The number of ketones is 1. The highest BCUT2D eigenvalue weighted by Gasteiger charge is 2.35. The summed E-state index contributed by atoms with van der Waals surface area (Å²) in [5, 5.41) is 0. The van der Waals surface area contributed by atoms with Crippen molar-refractivity contribution in [1.82, 2.24) is 9.97 Å². The summed E-state index contributed by atoms with van der Waals surface area (Å²) in [7, 11) is 1.44. The van der Waals surface area contributed by atoms with Crippen molar-refractivity contribution >= 4 is 5.78 Å². The number of pyridine rings is 2. The minimum absolute atomic E-state index is 0.189. The Morgan fingerprint density at radius 1 is 1.24 bits per heavy atom. The van der Waals surface area contributed by atoms with Crippen molar-refractivity contribution < 1.29 is 22.7 Å². The second kappa shape index (κ2) is 5.90. The maximum Gasteiger partial charge on any atom is 0.417 e. The fraction of sp³-hybridized carbons (Fsp3) is 0.214. The molecule has 0 unspecified atom stereocenters. The summed E-state index contributed by atoms with van der Waals surface area (Å²) in [5.41, 5.74) is -0.928. The smallest absolute Gasteiger partial charge is 0.417 e. The Bertz CT molecular complexity index is 639.